The van der Waals surface area contributed by atoms with Crippen LogP contribution >= 0.6 is 0 Å². The number of aryl methyl sites for hydroxylation is 3. The van der Waals surface area contributed by atoms with Crippen molar-refractivity contribution < 1.29 is 9.53 Å². The second-order valence-electron chi connectivity index (χ2n) is 6.84. The van der Waals surface area contributed by atoms with Crippen LogP contribution in [0.3, 0.4) is 0 Å². The van der Waals surface area contributed by atoms with E-state index < -0.39 is 0 Å². The van der Waals surface area contributed by atoms with Gasteiger partial charge in [-0.25, -0.2) is 4.68 Å². The second-order valence-corrected chi connectivity index (χ2v) is 6.84. The van der Waals surface area contributed by atoms with Crippen molar-refractivity contribution in [1.29, 1.82) is 0 Å². The maximum Gasteiger partial charge on any atom is 0.246 e. The van der Waals surface area contributed by atoms with E-state index in [0.29, 0.717) is 12.3 Å². The van der Waals surface area contributed by atoms with Crippen molar-refractivity contribution in [2.24, 2.45) is 0 Å². The third kappa shape index (κ3) is 4.16. The molecule has 6 nitrogen and oxygen atoms in total. The van der Waals surface area contributed by atoms with Crippen LogP contribution in [0.25, 0.3) is 0 Å². The third-order valence-electron chi connectivity index (χ3n) is 4.77. The van der Waals surface area contributed by atoms with Crippen LogP contribution < -0.4 is 10.1 Å². The molecule has 1 aliphatic carbocycles. The van der Waals surface area contributed by atoms with Crippen LogP contribution in [0.15, 0.2) is 48.7 Å². The van der Waals surface area contributed by atoms with Crippen molar-refractivity contribution >= 4 is 11.6 Å². The van der Waals surface area contributed by atoms with Crippen LogP contribution in [0.5, 0.6) is 5.75 Å². The lowest BCUT2D eigenvalue weighted by molar-refractivity contribution is -0.116. The Morgan fingerprint density at radius 1 is 1.19 bits per heavy atom. The van der Waals surface area contributed by atoms with Crippen molar-refractivity contribution in [3.05, 3.63) is 71.0 Å². The average molecular weight is 362 g/mol. The van der Waals surface area contributed by atoms with E-state index in [1.807, 2.05) is 37.3 Å². The number of anilines is 1. The normalized spacial score (nSPS) is 12.6. The van der Waals surface area contributed by atoms with Gasteiger partial charge in [0.2, 0.25) is 5.91 Å². The summed E-state index contributed by atoms with van der Waals surface area (Å²) in [5, 5.41) is 11.0. The minimum Gasteiger partial charge on any atom is -0.487 e. The summed E-state index contributed by atoms with van der Waals surface area (Å²) in [6.07, 6.45) is 5.25. The lowest BCUT2D eigenvalue weighted by atomic mass is 10.1. The van der Waals surface area contributed by atoms with Gasteiger partial charge in [0.15, 0.2) is 0 Å². The van der Waals surface area contributed by atoms with E-state index in [-0.39, 0.29) is 12.5 Å². The molecule has 0 radical (unpaired) electrons. The summed E-state index contributed by atoms with van der Waals surface area (Å²) in [6, 6.07) is 13.9. The zero-order valence-corrected chi connectivity index (χ0v) is 15.3. The van der Waals surface area contributed by atoms with Crippen molar-refractivity contribution in [3.63, 3.8) is 0 Å². The molecular formula is C21H22N4O2. The predicted octanol–water partition coefficient (Wildman–Crippen LogP) is 3.29. The number of aromatic nitrogens is 3. The van der Waals surface area contributed by atoms with Crippen molar-refractivity contribution in [3.8, 4) is 5.75 Å². The van der Waals surface area contributed by atoms with Gasteiger partial charge >= 0.3 is 0 Å². The quantitative estimate of drug-likeness (QED) is 0.730. The summed E-state index contributed by atoms with van der Waals surface area (Å²) in [6.45, 7) is 2.40. The van der Waals surface area contributed by atoms with Gasteiger partial charge < -0.3 is 10.1 Å². The predicted molar refractivity (Wildman–Crippen MR) is 103 cm³/mol. The molecular weight excluding hydrogens is 340 g/mol. The van der Waals surface area contributed by atoms with E-state index in [1.54, 1.807) is 6.20 Å². The fourth-order valence-corrected chi connectivity index (χ4v) is 3.33. The summed E-state index contributed by atoms with van der Waals surface area (Å²) in [4.78, 5) is 12.2. The van der Waals surface area contributed by atoms with Crippen LogP contribution in [0.4, 0.5) is 5.69 Å². The monoisotopic (exact) mass is 362 g/mol. The molecule has 1 aromatic heterocycles. The van der Waals surface area contributed by atoms with Crippen molar-refractivity contribution in [2.75, 3.05) is 5.32 Å². The lowest BCUT2D eigenvalue weighted by Crippen LogP contribution is -2.19. The highest BCUT2D eigenvalue weighted by Crippen LogP contribution is 2.26. The van der Waals surface area contributed by atoms with Crippen LogP contribution in [0.2, 0.25) is 0 Å². The minimum atomic E-state index is -0.139. The molecule has 0 bridgehead atoms. The number of carbonyl (C=O) groups excluding carboxylic acids is 1. The molecule has 4 rings (SSSR count). The van der Waals surface area contributed by atoms with Gasteiger partial charge in [-0.05, 0) is 61.1 Å². The number of para-hydroxylation sites is 1. The van der Waals surface area contributed by atoms with E-state index >= 15 is 0 Å². The molecule has 0 atom stereocenters. The zero-order valence-electron chi connectivity index (χ0n) is 15.3. The van der Waals surface area contributed by atoms with Gasteiger partial charge in [0.05, 0.1) is 6.20 Å². The van der Waals surface area contributed by atoms with Gasteiger partial charge in [0.25, 0.3) is 0 Å². The van der Waals surface area contributed by atoms with Gasteiger partial charge in [-0.1, -0.05) is 29.5 Å². The molecule has 138 valence electrons. The first-order chi connectivity index (χ1) is 13.2. The smallest absolute Gasteiger partial charge is 0.246 e. The Labute approximate surface area is 158 Å². The molecule has 3 aromatic rings. The molecule has 27 heavy (non-hydrogen) atoms. The highest BCUT2D eigenvalue weighted by Gasteiger charge is 2.12. The van der Waals surface area contributed by atoms with Crippen LogP contribution in [-0.2, 0) is 30.8 Å². The molecule has 6 heteroatoms. The molecule has 1 N–H and O–H groups in total. The zero-order chi connectivity index (χ0) is 18.6. The number of fused-ring (bicyclic) bond motifs is 1. The molecule has 1 amide bonds. The summed E-state index contributed by atoms with van der Waals surface area (Å²) in [5.74, 6) is 0.711. The fraction of sp³-hybridized carbons (Fsp3) is 0.286. The standard InChI is InChI=1S/C21H22N4O2/c1-15-5-2-3-8-20(15)22-21(26)13-25-12-18(23-24-25)14-27-19-10-9-16-6-4-7-17(16)11-19/h2-3,5,8-12H,4,6-7,13-14H2,1H3,(H,22,26). The molecule has 1 heterocycles. The summed E-state index contributed by atoms with van der Waals surface area (Å²) in [7, 11) is 0. The second kappa shape index (κ2) is 7.61. The first-order valence-corrected chi connectivity index (χ1v) is 9.16. The van der Waals surface area contributed by atoms with Gasteiger partial charge in [-0.3, -0.25) is 4.79 Å². The Morgan fingerprint density at radius 3 is 2.93 bits per heavy atom. The number of carbonyl (C=O) groups is 1. The highest BCUT2D eigenvalue weighted by molar-refractivity contribution is 5.91. The van der Waals surface area contributed by atoms with Crippen LogP contribution in [-0.4, -0.2) is 20.9 Å². The Bertz CT molecular complexity index is 964. The van der Waals surface area contributed by atoms with Crippen molar-refractivity contribution in [1.82, 2.24) is 15.0 Å². The Hall–Kier alpha value is -3.15. The van der Waals surface area contributed by atoms with Gasteiger partial charge in [-0.15, -0.1) is 5.10 Å². The largest absolute Gasteiger partial charge is 0.487 e. The molecule has 0 aliphatic heterocycles. The topological polar surface area (TPSA) is 69.0 Å². The lowest BCUT2D eigenvalue weighted by Gasteiger charge is -2.07. The van der Waals surface area contributed by atoms with Gasteiger partial charge in [0, 0.05) is 5.69 Å². The van der Waals surface area contributed by atoms with Crippen LogP contribution in [0.1, 0.15) is 28.8 Å². The number of benzene rings is 2. The number of hydrogen-bond donors (Lipinski definition) is 1. The number of nitrogens with zero attached hydrogens (tertiary/aromatic N) is 3. The maximum atomic E-state index is 12.2. The van der Waals surface area contributed by atoms with Crippen molar-refractivity contribution in [2.45, 2.75) is 39.3 Å². The molecule has 0 unspecified atom stereocenters. The summed E-state index contributed by atoms with van der Waals surface area (Å²) >= 11 is 0. The highest BCUT2D eigenvalue weighted by atomic mass is 16.5. The van der Waals surface area contributed by atoms with E-state index in [1.165, 1.54) is 22.2 Å². The van der Waals surface area contributed by atoms with Gasteiger partial charge in [-0.2, -0.15) is 0 Å². The van der Waals surface area contributed by atoms with Crippen LogP contribution in [0, 0.1) is 6.92 Å². The Kier molecular flexibility index (Phi) is 4.87. The minimum absolute atomic E-state index is 0.111. The van der Waals surface area contributed by atoms with E-state index in [4.69, 9.17) is 4.74 Å². The third-order valence-corrected chi connectivity index (χ3v) is 4.77. The first-order valence-electron chi connectivity index (χ1n) is 9.16. The fourth-order valence-electron chi connectivity index (χ4n) is 3.33. The molecule has 2 aromatic carbocycles. The maximum absolute atomic E-state index is 12.2. The van der Waals surface area contributed by atoms with E-state index in [0.717, 1.165) is 29.8 Å². The molecule has 1 aliphatic rings. The molecule has 0 spiro atoms. The Balaban J connectivity index is 1.32. The number of hydrogen-bond acceptors (Lipinski definition) is 4. The van der Waals surface area contributed by atoms with E-state index in [2.05, 4.69) is 27.8 Å². The summed E-state index contributed by atoms with van der Waals surface area (Å²) in [5.41, 5.74) is 5.33. The number of ether oxygens (including phenoxy) is 1. The van der Waals surface area contributed by atoms with Gasteiger partial charge in [0.1, 0.15) is 24.6 Å². The molecule has 0 saturated carbocycles. The number of rotatable bonds is 6. The average Bonchev–Trinajstić information content (AvgIpc) is 3.30. The Morgan fingerprint density at radius 2 is 2.04 bits per heavy atom. The molecule has 0 fully saturated rings. The first kappa shape index (κ1) is 17.3. The number of amides is 1. The molecule has 0 saturated heterocycles. The van der Waals surface area contributed by atoms with E-state index in [9.17, 15) is 4.79 Å². The number of nitrogens with one attached hydrogen (secondary N) is 1. The SMILES string of the molecule is Cc1ccccc1NC(=O)Cn1cc(COc2ccc3c(c2)CCC3)nn1. The summed E-state index contributed by atoms with van der Waals surface area (Å²) < 4.78 is 7.35.